The Morgan fingerprint density at radius 1 is 1.00 bits per heavy atom. The molecule has 0 radical (unpaired) electrons. The fraction of sp³-hybridized carbons (Fsp3) is 0.235. The highest BCUT2D eigenvalue weighted by Gasteiger charge is 2.30. The Morgan fingerprint density at radius 3 is 2.35 bits per heavy atom. The van der Waals surface area contributed by atoms with Gasteiger partial charge >= 0.3 is 0 Å². The summed E-state index contributed by atoms with van der Waals surface area (Å²) in [6.45, 7) is 0.935. The van der Waals surface area contributed by atoms with E-state index in [2.05, 4.69) is 0 Å². The largest absolute Gasteiger partial charge is 0.348 e. The van der Waals surface area contributed by atoms with Gasteiger partial charge in [0, 0.05) is 5.56 Å². The van der Waals surface area contributed by atoms with Crippen LogP contribution in [0.4, 0.5) is 0 Å². The van der Waals surface area contributed by atoms with Gasteiger partial charge in [-0.05, 0) is 30.7 Å². The van der Waals surface area contributed by atoms with Crippen LogP contribution in [0.5, 0.6) is 0 Å². The molecule has 1 saturated heterocycles. The van der Waals surface area contributed by atoms with Crippen LogP contribution in [-0.4, -0.2) is 21.6 Å². The van der Waals surface area contributed by atoms with Gasteiger partial charge in [0.25, 0.3) is 0 Å². The van der Waals surface area contributed by atoms with Crippen LogP contribution in [0.1, 0.15) is 23.8 Å². The summed E-state index contributed by atoms with van der Waals surface area (Å²) < 4.78 is 37.0. The molecule has 1 aliphatic rings. The van der Waals surface area contributed by atoms with Crippen LogP contribution in [0.15, 0.2) is 58.3 Å². The molecule has 2 aromatic carbocycles. The third-order valence-electron chi connectivity index (χ3n) is 3.59. The molecule has 0 atom stereocenters. The molecule has 1 aliphatic heterocycles. The van der Waals surface area contributed by atoms with E-state index in [1.165, 1.54) is 18.2 Å². The Hall–Kier alpha value is -2.20. The molecule has 5 nitrogen and oxygen atoms in total. The van der Waals surface area contributed by atoms with Crippen LogP contribution in [0.3, 0.4) is 0 Å². The number of hydrogen-bond acceptors (Lipinski definition) is 5. The number of rotatable bonds is 3. The Kier molecular flexibility index (Phi) is 4.44. The van der Waals surface area contributed by atoms with Crippen molar-refractivity contribution < 1.29 is 17.9 Å². The molecular weight excluding hydrogens is 314 g/mol. The van der Waals surface area contributed by atoms with Gasteiger partial charge in [0.05, 0.1) is 34.6 Å². The van der Waals surface area contributed by atoms with Crippen molar-refractivity contribution in [2.24, 2.45) is 0 Å². The summed E-state index contributed by atoms with van der Waals surface area (Å²) in [5.41, 5.74) is 0.521. The van der Waals surface area contributed by atoms with Crippen LogP contribution in [0.25, 0.3) is 0 Å². The maximum absolute atomic E-state index is 12.9. The van der Waals surface area contributed by atoms with Crippen molar-refractivity contribution in [1.29, 1.82) is 5.26 Å². The van der Waals surface area contributed by atoms with Crippen molar-refractivity contribution in [2.75, 3.05) is 13.2 Å². The Balaban J connectivity index is 2.18. The summed E-state index contributed by atoms with van der Waals surface area (Å²) in [7, 11) is -3.76. The zero-order valence-corrected chi connectivity index (χ0v) is 13.1. The second-order valence-electron chi connectivity index (χ2n) is 5.07. The van der Waals surface area contributed by atoms with Gasteiger partial charge in [-0.25, -0.2) is 8.42 Å². The molecular formula is C17H15NO4S. The quantitative estimate of drug-likeness (QED) is 0.865. The van der Waals surface area contributed by atoms with Crippen LogP contribution >= 0.6 is 0 Å². The second-order valence-corrected chi connectivity index (χ2v) is 6.99. The third kappa shape index (κ3) is 2.99. The highest BCUT2D eigenvalue weighted by molar-refractivity contribution is 7.91. The van der Waals surface area contributed by atoms with Crippen molar-refractivity contribution in [3.05, 3.63) is 59.7 Å². The molecule has 0 bridgehead atoms. The first-order chi connectivity index (χ1) is 11.1. The monoisotopic (exact) mass is 329 g/mol. The van der Waals surface area contributed by atoms with E-state index in [0.717, 1.165) is 6.42 Å². The average molecular weight is 329 g/mol. The first kappa shape index (κ1) is 15.7. The van der Waals surface area contributed by atoms with Crippen LogP contribution in [-0.2, 0) is 19.3 Å². The van der Waals surface area contributed by atoms with Crippen molar-refractivity contribution in [3.63, 3.8) is 0 Å². The minimum atomic E-state index is -3.76. The molecule has 0 unspecified atom stereocenters. The summed E-state index contributed by atoms with van der Waals surface area (Å²) in [6, 6.07) is 14.8. The third-order valence-corrected chi connectivity index (χ3v) is 5.42. The summed E-state index contributed by atoms with van der Waals surface area (Å²) in [4.78, 5) is 0.224. The molecule has 23 heavy (non-hydrogen) atoms. The molecule has 0 N–H and O–H groups in total. The highest BCUT2D eigenvalue weighted by atomic mass is 32.2. The molecule has 2 aromatic rings. The number of nitrogens with zero attached hydrogens (tertiary/aromatic N) is 1. The molecule has 0 aromatic heterocycles. The minimum Gasteiger partial charge on any atom is -0.348 e. The molecule has 3 rings (SSSR count). The van der Waals surface area contributed by atoms with Gasteiger partial charge in [0.1, 0.15) is 0 Å². The van der Waals surface area contributed by atoms with E-state index in [9.17, 15) is 13.7 Å². The number of nitriles is 1. The van der Waals surface area contributed by atoms with E-state index in [4.69, 9.17) is 9.47 Å². The topological polar surface area (TPSA) is 76.4 Å². The van der Waals surface area contributed by atoms with Gasteiger partial charge in [-0.3, -0.25) is 0 Å². The lowest BCUT2D eigenvalue weighted by atomic mass is 10.1. The fourth-order valence-corrected chi connectivity index (χ4v) is 4.02. The van der Waals surface area contributed by atoms with Crippen LogP contribution < -0.4 is 0 Å². The van der Waals surface area contributed by atoms with Crippen molar-refractivity contribution in [3.8, 4) is 6.07 Å². The molecule has 0 amide bonds. The molecule has 1 heterocycles. The first-order valence-electron chi connectivity index (χ1n) is 7.21. The SMILES string of the molecule is N#Cc1cccc(S(=O)(=O)c2ccccc2)c1C1OCCCO1. The lowest BCUT2D eigenvalue weighted by molar-refractivity contribution is -0.184. The Bertz CT molecular complexity index is 835. The summed E-state index contributed by atoms with van der Waals surface area (Å²) >= 11 is 0. The number of hydrogen-bond donors (Lipinski definition) is 0. The zero-order chi connectivity index (χ0) is 16.3. The number of sulfone groups is 1. The van der Waals surface area contributed by atoms with Crippen molar-refractivity contribution >= 4 is 9.84 Å². The minimum absolute atomic E-state index is 0.0506. The molecule has 0 saturated carbocycles. The molecule has 1 fully saturated rings. The van der Waals surface area contributed by atoms with Crippen LogP contribution in [0, 0.1) is 11.3 Å². The molecule has 0 spiro atoms. The second kappa shape index (κ2) is 6.50. The summed E-state index contributed by atoms with van der Waals surface area (Å²) in [5.74, 6) is 0. The van der Waals surface area contributed by atoms with Gasteiger partial charge in [-0.15, -0.1) is 0 Å². The van der Waals surface area contributed by atoms with E-state index >= 15 is 0 Å². The van der Waals surface area contributed by atoms with E-state index < -0.39 is 16.1 Å². The normalized spacial score (nSPS) is 16.0. The lowest BCUT2D eigenvalue weighted by Crippen LogP contribution is -2.21. The van der Waals surface area contributed by atoms with Crippen LogP contribution in [0.2, 0.25) is 0 Å². The average Bonchev–Trinajstić information content (AvgIpc) is 2.62. The summed E-state index contributed by atoms with van der Waals surface area (Å²) in [5, 5.41) is 9.35. The Morgan fingerprint density at radius 2 is 1.70 bits per heavy atom. The molecule has 118 valence electrons. The van der Waals surface area contributed by atoms with Gasteiger partial charge in [0.15, 0.2) is 6.29 Å². The van der Waals surface area contributed by atoms with Gasteiger partial charge in [-0.2, -0.15) is 5.26 Å². The Labute approximate surface area is 135 Å². The standard InChI is InChI=1S/C17H15NO4S/c18-12-13-6-4-9-15(16(13)17-21-10-5-11-22-17)23(19,20)14-7-2-1-3-8-14/h1-4,6-9,17H,5,10-11H2. The number of ether oxygens (including phenoxy) is 2. The maximum Gasteiger partial charge on any atom is 0.207 e. The van der Waals surface area contributed by atoms with Gasteiger partial charge in [-0.1, -0.05) is 24.3 Å². The molecule has 6 heteroatoms. The van der Waals surface area contributed by atoms with E-state index in [0.29, 0.717) is 13.2 Å². The smallest absolute Gasteiger partial charge is 0.207 e. The zero-order valence-electron chi connectivity index (χ0n) is 12.3. The predicted octanol–water partition coefficient (Wildman–Crippen LogP) is 2.83. The van der Waals surface area contributed by atoms with E-state index in [-0.39, 0.29) is 20.9 Å². The first-order valence-corrected chi connectivity index (χ1v) is 8.69. The lowest BCUT2D eigenvalue weighted by Gasteiger charge is -2.26. The van der Waals surface area contributed by atoms with E-state index in [1.807, 2.05) is 6.07 Å². The summed E-state index contributed by atoms with van der Waals surface area (Å²) in [6.07, 6.45) is -0.0977. The van der Waals surface area contributed by atoms with Crippen molar-refractivity contribution in [1.82, 2.24) is 0 Å². The highest BCUT2D eigenvalue weighted by Crippen LogP contribution is 2.34. The fourth-order valence-electron chi connectivity index (χ4n) is 2.50. The maximum atomic E-state index is 12.9. The molecule has 0 aliphatic carbocycles. The predicted molar refractivity (Wildman–Crippen MR) is 82.3 cm³/mol. The van der Waals surface area contributed by atoms with Gasteiger partial charge < -0.3 is 9.47 Å². The van der Waals surface area contributed by atoms with Crippen molar-refractivity contribution in [2.45, 2.75) is 22.5 Å². The van der Waals surface area contributed by atoms with Gasteiger partial charge in [0.2, 0.25) is 9.84 Å². The van der Waals surface area contributed by atoms with E-state index in [1.54, 1.807) is 30.3 Å². The number of benzene rings is 2.